The minimum atomic E-state index is -0.0176. The van der Waals surface area contributed by atoms with Gasteiger partial charge in [0.25, 0.3) is 0 Å². The molecular weight excluding hydrogens is 264 g/mol. The van der Waals surface area contributed by atoms with Crippen molar-refractivity contribution < 1.29 is 9.59 Å². The fourth-order valence-corrected chi connectivity index (χ4v) is 3.36. The third-order valence-electron chi connectivity index (χ3n) is 4.69. The van der Waals surface area contributed by atoms with Crippen molar-refractivity contribution in [2.45, 2.75) is 31.6 Å². The number of hydrogen-bond acceptors (Lipinski definition) is 2. The van der Waals surface area contributed by atoms with Crippen molar-refractivity contribution in [3.63, 3.8) is 0 Å². The summed E-state index contributed by atoms with van der Waals surface area (Å²) in [6.07, 6.45) is 3.25. The summed E-state index contributed by atoms with van der Waals surface area (Å²) < 4.78 is 0. The molecule has 0 spiro atoms. The molecule has 2 heterocycles. The van der Waals surface area contributed by atoms with Crippen molar-refractivity contribution in [1.29, 1.82) is 0 Å². The van der Waals surface area contributed by atoms with E-state index in [1.807, 2.05) is 11.0 Å². The lowest BCUT2D eigenvalue weighted by Gasteiger charge is -2.35. The van der Waals surface area contributed by atoms with Gasteiger partial charge in [0.15, 0.2) is 0 Å². The summed E-state index contributed by atoms with van der Waals surface area (Å²) in [6, 6.07) is 10.6. The number of piperidine rings is 2. The lowest BCUT2D eigenvalue weighted by molar-refractivity contribution is -0.138. The van der Waals surface area contributed by atoms with Crippen LogP contribution >= 0.6 is 0 Å². The van der Waals surface area contributed by atoms with E-state index in [2.05, 4.69) is 29.6 Å². The van der Waals surface area contributed by atoms with E-state index in [1.165, 1.54) is 5.56 Å². The summed E-state index contributed by atoms with van der Waals surface area (Å²) in [6.45, 7) is 2.18. The number of carbonyl (C=O) groups is 2. The van der Waals surface area contributed by atoms with Crippen LogP contribution in [0.25, 0.3) is 0 Å². The van der Waals surface area contributed by atoms with Crippen molar-refractivity contribution in [1.82, 2.24) is 10.2 Å². The van der Waals surface area contributed by atoms with Crippen molar-refractivity contribution in [3.05, 3.63) is 35.9 Å². The number of amides is 2. The first-order valence-corrected chi connectivity index (χ1v) is 7.84. The highest BCUT2D eigenvalue weighted by Gasteiger charge is 2.30. The van der Waals surface area contributed by atoms with E-state index in [9.17, 15) is 9.59 Å². The van der Waals surface area contributed by atoms with Crippen LogP contribution in [0, 0.1) is 5.92 Å². The highest BCUT2D eigenvalue weighted by atomic mass is 16.2. The zero-order chi connectivity index (χ0) is 14.7. The van der Waals surface area contributed by atoms with Gasteiger partial charge in [-0.25, -0.2) is 0 Å². The molecule has 3 rings (SSSR count). The largest absolute Gasteiger partial charge is 0.355 e. The van der Waals surface area contributed by atoms with E-state index >= 15 is 0 Å². The first kappa shape index (κ1) is 14.1. The van der Waals surface area contributed by atoms with Gasteiger partial charge in [-0.15, -0.1) is 0 Å². The summed E-state index contributed by atoms with van der Waals surface area (Å²) in [4.78, 5) is 25.6. The fourth-order valence-electron chi connectivity index (χ4n) is 3.36. The first-order valence-electron chi connectivity index (χ1n) is 7.84. The van der Waals surface area contributed by atoms with Crippen LogP contribution in [0.3, 0.4) is 0 Å². The predicted octanol–water partition coefficient (Wildman–Crippen LogP) is 1.92. The second-order valence-corrected chi connectivity index (χ2v) is 6.05. The maximum absolute atomic E-state index is 12.5. The van der Waals surface area contributed by atoms with Crippen LogP contribution in [0.1, 0.15) is 37.2 Å². The molecule has 1 N–H and O–H groups in total. The van der Waals surface area contributed by atoms with E-state index in [1.54, 1.807) is 0 Å². The molecule has 4 heteroatoms. The molecule has 4 nitrogen and oxygen atoms in total. The normalized spacial score (nSPS) is 23.7. The molecule has 1 aromatic carbocycles. The van der Waals surface area contributed by atoms with Gasteiger partial charge in [0.2, 0.25) is 11.8 Å². The second kappa shape index (κ2) is 6.29. The third-order valence-corrected chi connectivity index (χ3v) is 4.69. The van der Waals surface area contributed by atoms with Crippen molar-refractivity contribution in [2.24, 2.45) is 5.92 Å². The topological polar surface area (TPSA) is 49.4 Å². The molecule has 0 aromatic heterocycles. The number of carbonyl (C=O) groups excluding carboxylic acids is 2. The van der Waals surface area contributed by atoms with Gasteiger partial charge in [-0.1, -0.05) is 30.3 Å². The maximum Gasteiger partial charge on any atom is 0.227 e. The Morgan fingerprint density at radius 2 is 1.81 bits per heavy atom. The van der Waals surface area contributed by atoms with E-state index in [4.69, 9.17) is 0 Å². The molecule has 1 aromatic rings. The molecule has 21 heavy (non-hydrogen) atoms. The zero-order valence-electron chi connectivity index (χ0n) is 12.3. The van der Waals surface area contributed by atoms with Crippen LogP contribution in [0.5, 0.6) is 0 Å². The van der Waals surface area contributed by atoms with Gasteiger partial charge >= 0.3 is 0 Å². The number of benzene rings is 1. The Morgan fingerprint density at radius 1 is 1.10 bits per heavy atom. The highest BCUT2D eigenvalue weighted by Crippen LogP contribution is 2.28. The average molecular weight is 286 g/mol. The number of nitrogens with zero attached hydrogens (tertiary/aromatic N) is 1. The summed E-state index contributed by atoms with van der Waals surface area (Å²) >= 11 is 0. The molecule has 1 atom stereocenters. The molecule has 2 amide bonds. The minimum Gasteiger partial charge on any atom is -0.355 e. The highest BCUT2D eigenvalue weighted by molar-refractivity contribution is 5.83. The van der Waals surface area contributed by atoms with Crippen molar-refractivity contribution in [3.8, 4) is 0 Å². The lowest BCUT2D eigenvalue weighted by Crippen LogP contribution is -2.47. The summed E-state index contributed by atoms with van der Waals surface area (Å²) in [5.74, 6) is 0.848. The molecule has 112 valence electrons. The third kappa shape index (κ3) is 3.26. The summed E-state index contributed by atoms with van der Waals surface area (Å²) in [5.41, 5.74) is 1.38. The maximum atomic E-state index is 12.5. The standard InChI is InChI=1S/C17H22N2O2/c20-16-7-6-15(12-18-16)17(21)19-10-8-14(9-11-19)13-4-2-1-3-5-13/h1-5,14-15H,6-12H2,(H,18,20). The number of rotatable bonds is 2. The fraction of sp³-hybridized carbons (Fsp3) is 0.529. The smallest absolute Gasteiger partial charge is 0.227 e. The molecule has 2 aliphatic rings. The Bertz CT molecular complexity index is 497. The number of hydrogen-bond donors (Lipinski definition) is 1. The lowest BCUT2D eigenvalue weighted by atomic mass is 9.88. The molecule has 0 radical (unpaired) electrons. The Morgan fingerprint density at radius 3 is 2.43 bits per heavy atom. The predicted molar refractivity (Wildman–Crippen MR) is 80.7 cm³/mol. The van der Waals surface area contributed by atoms with E-state index in [-0.39, 0.29) is 17.7 Å². The second-order valence-electron chi connectivity index (χ2n) is 6.05. The SMILES string of the molecule is O=C1CCC(C(=O)N2CCC(c3ccccc3)CC2)CN1. The van der Waals surface area contributed by atoms with Gasteiger partial charge in [-0.05, 0) is 30.7 Å². The van der Waals surface area contributed by atoms with Gasteiger partial charge in [0.05, 0.1) is 5.92 Å². The van der Waals surface area contributed by atoms with Crippen LogP contribution in [0.2, 0.25) is 0 Å². The van der Waals surface area contributed by atoms with Gasteiger partial charge in [-0.3, -0.25) is 9.59 Å². The number of likely N-dealkylation sites (tertiary alicyclic amines) is 1. The van der Waals surface area contributed by atoms with Crippen LogP contribution in [0.15, 0.2) is 30.3 Å². The number of nitrogens with one attached hydrogen (secondary N) is 1. The quantitative estimate of drug-likeness (QED) is 0.903. The minimum absolute atomic E-state index is 0.0176. The summed E-state index contributed by atoms with van der Waals surface area (Å²) in [5, 5.41) is 2.80. The van der Waals surface area contributed by atoms with Crippen LogP contribution in [-0.2, 0) is 9.59 Å². The van der Waals surface area contributed by atoms with E-state index < -0.39 is 0 Å². The van der Waals surface area contributed by atoms with E-state index in [0.29, 0.717) is 25.3 Å². The molecular formula is C17H22N2O2. The van der Waals surface area contributed by atoms with Gasteiger partial charge < -0.3 is 10.2 Å². The molecule has 2 fully saturated rings. The molecule has 2 aliphatic heterocycles. The Balaban J connectivity index is 1.53. The first-order chi connectivity index (χ1) is 10.2. The molecule has 0 aliphatic carbocycles. The Labute approximate surface area is 125 Å². The van der Waals surface area contributed by atoms with Gasteiger partial charge in [-0.2, -0.15) is 0 Å². The molecule has 0 saturated carbocycles. The molecule has 0 bridgehead atoms. The zero-order valence-corrected chi connectivity index (χ0v) is 12.3. The van der Waals surface area contributed by atoms with Crippen LogP contribution < -0.4 is 5.32 Å². The monoisotopic (exact) mass is 286 g/mol. The molecule has 2 saturated heterocycles. The van der Waals surface area contributed by atoms with Crippen molar-refractivity contribution in [2.75, 3.05) is 19.6 Å². The van der Waals surface area contributed by atoms with E-state index in [0.717, 1.165) is 25.9 Å². The van der Waals surface area contributed by atoms with Crippen LogP contribution in [-0.4, -0.2) is 36.3 Å². The molecule has 1 unspecified atom stereocenters. The van der Waals surface area contributed by atoms with Gasteiger partial charge in [0.1, 0.15) is 0 Å². The average Bonchev–Trinajstić information content (AvgIpc) is 2.56. The summed E-state index contributed by atoms with van der Waals surface area (Å²) in [7, 11) is 0. The Kier molecular flexibility index (Phi) is 4.23. The van der Waals surface area contributed by atoms with Crippen molar-refractivity contribution >= 4 is 11.8 Å². The Hall–Kier alpha value is -1.84. The van der Waals surface area contributed by atoms with Crippen LogP contribution in [0.4, 0.5) is 0 Å². The van der Waals surface area contributed by atoms with Gasteiger partial charge in [0, 0.05) is 26.1 Å².